The second-order valence-corrected chi connectivity index (χ2v) is 18.9. The minimum atomic E-state index is -0.579. The number of likely N-dealkylation sites (N-methyl/N-ethyl adjacent to an activating group) is 1. The number of aromatic nitrogens is 2. The van der Waals surface area contributed by atoms with Gasteiger partial charge in [-0.1, -0.05) is 79.9 Å². The molecule has 1 aliphatic carbocycles. The van der Waals surface area contributed by atoms with Gasteiger partial charge in [-0.2, -0.15) is 0 Å². The van der Waals surface area contributed by atoms with Gasteiger partial charge in [0.1, 0.15) is 34.2 Å². The Kier molecular flexibility index (Phi) is 14.4. The molecular weight excluding hydrogens is 831 g/mol. The molecule has 2 aromatic heterocycles. The SMILES string of the molecule is CN[C@@H](C)C(=O)N[C@H](C(=O)N1CCC[C@H]1c1nc(C(=O)c2cccc(OCN3CCC(CNC(=O)c4ccccc4)(c4nc(-c5ccccc5)cs4)CC3)c2)cs1)C1CCCCC1. The highest BCUT2D eigenvalue weighted by molar-refractivity contribution is 7.10. The Balaban J connectivity index is 0.899. The van der Waals surface area contributed by atoms with Crippen LogP contribution in [-0.2, 0) is 15.0 Å². The van der Waals surface area contributed by atoms with E-state index in [4.69, 9.17) is 14.7 Å². The van der Waals surface area contributed by atoms with Gasteiger partial charge in [0.05, 0.1) is 17.8 Å². The topological polar surface area (TPSA) is 146 Å². The lowest BCUT2D eigenvalue weighted by Gasteiger charge is -2.40. The molecule has 2 saturated heterocycles. The zero-order chi connectivity index (χ0) is 43.8. The fourth-order valence-electron chi connectivity index (χ4n) is 9.09. The first-order valence-corrected chi connectivity index (χ1v) is 24.1. The second-order valence-electron chi connectivity index (χ2n) is 17.1. The van der Waals surface area contributed by atoms with Crippen molar-refractivity contribution in [1.29, 1.82) is 0 Å². The van der Waals surface area contributed by atoms with Gasteiger partial charge >= 0.3 is 0 Å². The molecule has 5 aromatic rings. The molecule has 3 fully saturated rings. The van der Waals surface area contributed by atoms with Crippen molar-refractivity contribution in [3.63, 3.8) is 0 Å². The zero-order valence-electron chi connectivity index (χ0n) is 36.1. The summed E-state index contributed by atoms with van der Waals surface area (Å²) >= 11 is 3.06. The summed E-state index contributed by atoms with van der Waals surface area (Å²) in [6, 6.07) is 25.5. The van der Waals surface area contributed by atoms with Crippen molar-refractivity contribution in [2.75, 3.05) is 40.0 Å². The number of carbonyl (C=O) groups is 4. The van der Waals surface area contributed by atoms with E-state index in [9.17, 15) is 19.2 Å². The van der Waals surface area contributed by atoms with Crippen LogP contribution in [0.25, 0.3) is 11.3 Å². The minimum absolute atomic E-state index is 0.0522. The third-order valence-electron chi connectivity index (χ3n) is 13.1. The highest BCUT2D eigenvalue weighted by Crippen LogP contribution is 2.40. The highest BCUT2D eigenvalue weighted by Gasteiger charge is 2.41. The Bertz CT molecular complexity index is 2340. The Morgan fingerprint density at radius 3 is 2.30 bits per heavy atom. The first-order chi connectivity index (χ1) is 30.7. The van der Waals surface area contributed by atoms with E-state index in [-0.39, 0.29) is 40.9 Å². The van der Waals surface area contributed by atoms with Crippen LogP contribution in [0.2, 0.25) is 0 Å². The molecule has 330 valence electrons. The first kappa shape index (κ1) is 44.3. The number of benzene rings is 3. The lowest BCUT2D eigenvalue weighted by atomic mass is 9.78. The maximum atomic E-state index is 14.3. The van der Waals surface area contributed by atoms with E-state index in [1.807, 2.05) is 65.6 Å². The molecule has 3 N–H and O–H groups in total. The Labute approximate surface area is 377 Å². The second kappa shape index (κ2) is 20.5. The van der Waals surface area contributed by atoms with Crippen LogP contribution in [-0.4, -0.2) is 95.3 Å². The molecule has 4 heterocycles. The van der Waals surface area contributed by atoms with Crippen molar-refractivity contribution in [2.45, 2.75) is 88.3 Å². The van der Waals surface area contributed by atoms with Crippen LogP contribution in [0.5, 0.6) is 5.75 Å². The van der Waals surface area contributed by atoms with Crippen molar-refractivity contribution >= 4 is 46.2 Å². The van der Waals surface area contributed by atoms with Crippen molar-refractivity contribution in [3.8, 4) is 17.0 Å². The number of piperidine rings is 1. The molecule has 63 heavy (non-hydrogen) atoms. The van der Waals surface area contributed by atoms with Gasteiger partial charge in [-0.3, -0.25) is 24.1 Å². The fourth-order valence-corrected chi connectivity index (χ4v) is 11.1. The van der Waals surface area contributed by atoms with E-state index in [1.54, 1.807) is 42.8 Å². The molecule has 0 bridgehead atoms. The van der Waals surface area contributed by atoms with Crippen LogP contribution in [0.15, 0.2) is 95.7 Å². The average Bonchev–Trinajstić information content (AvgIpc) is 4.15. The molecule has 3 aromatic carbocycles. The maximum absolute atomic E-state index is 14.3. The molecule has 12 nitrogen and oxygen atoms in total. The summed E-state index contributed by atoms with van der Waals surface area (Å²) in [4.78, 5) is 68.5. The Hall–Kier alpha value is -5.28. The predicted molar refractivity (Wildman–Crippen MR) is 247 cm³/mol. The normalized spacial score (nSPS) is 19.0. The molecule has 0 spiro atoms. The van der Waals surface area contributed by atoms with Crippen LogP contribution < -0.4 is 20.7 Å². The highest BCUT2D eigenvalue weighted by atomic mass is 32.1. The van der Waals surface area contributed by atoms with Gasteiger partial charge in [0.15, 0.2) is 0 Å². The third-order valence-corrected chi connectivity index (χ3v) is 15.1. The minimum Gasteiger partial charge on any atom is -0.478 e. The fraction of sp³-hybridized carbons (Fsp3) is 0.429. The molecule has 0 radical (unpaired) electrons. The van der Waals surface area contributed by atoms with Crippen molar-refractivity contribution < 1.29 is 23.9 Å². The predicted octanol–water partition coefficient (Wildman–Crippen LogP) is 7.63. The number of nitrogens with one attached hydrogen (secondary N) is 3. The lowest BCUT2D eigenvalue weighted by Crippen LogP contribution is -2.55. The number of thiazole rings is 2. The molecule has 2 aliphatic heterocycles. The summed E-state index contributed by atoms with van der Waals surface area (Å²) in [5.41, 5.74) is 3.13. The van der Waals surface area contributed by atoms with Gasteiger partial charge in [0.2, 0.25) is 17.6 Å². The summed E-state index contributed by atoms with van der Waals surface area (Å²) < 4.78 is 6.31. The van der Waals surface area contributed by atoms with E-state index in [2.05, 4.69) is 38.4 Å². The van der Waals surface area contributed by atoms with Crippen LogP contribution in [0.3, 0.4) is 0 Å². The summed E-state index contributed by atoms with van der Waals surface area (Å²) in [6.07, 6.45) is 8.26. The van der Waals surface area contributed by atoms with Gasteiger partial charge in [0.25, 0.3) is 5.91 Å². The molecule has 14 heteroatoms. The van der Waals surface area contributed by atoms with Gasteiger partial charge < -0.3 is 25.6 Å². The first-order valence-electron chi connectivity index (χ1n) is 22.3. The molecule has 3 aliphatic rings. The Morgan fingerprint density at radius 1 is 0.825 bits per heavy atom. The standard InChI is InChI=1S/C49H57N7O5S2/c1-33(50-2)44(58)54-42(35-16-8-4-9-17-35)47(60)56-25-13-22-41(56)46-52-40(30-62-46)43(57)37-20-12-21-38(28-37)61-32-55-26-23-49(24-27-55,31-51-45(59)36-18-10-5-11-19-36)48-53-39(29-63-48)34-14-6-3-7-15-34/h3,5-7,10-12,14-15,18-21,28-30,33,35,41-42,50H,4,8-9,13,16-17,22-27,31-32H2,1-2H3,(H,51,59)(H,54,58)/t33-,41-,42-/m0/s1. The molecule has 8 rings (SSSR count). The third kappa shape index (κ3) is 10.4. The smallest absolute Gasteiger partial charge is 0.251 e. The number of hydrogen-bond acceptors (Lipinski definition) is 11. The number of rotatable bonds is 16. The summed E-state index contributed by atoms with van der Waals surface area (Å²) in [7, 11) is 1.74. The van der Waals surface area contributed by atoms with E-state index in [0.717, 1.165) is 92.1 Å². The quantitative estimate of drug-likeness (QED) is 0.0852. The van der Waals surface area contributed by atoms with Gasteiger partial charge in [-0.25, -0.2) is 9.97 Å². The molecule has 0 unspecified atom stereocenters. The van der Waals surface area contributed by atoms with Crippen molar-refractivity contribution in [1.82, 2.24) is 35.7 Å². The van der Waals surface area contributed by atoms with Gasteiger partial charge in [-0.05, 0) is 82.7 Å². The number of hydrogen-bond donors (Lipinski definition) is 3. The van der Waals surface area contributed by atoms with Crippen LogP contribution in [0, 0.1) is 5.92 Å². The molecule has 1 saturated carbocycles. The summed E-state index contributed by atoms with van der Waals surface area (Å²) in [5, 5.41) is 15.0. The van der Waals surface area contributed by atoms with Crippen LogP contribution in [0.4, 0.5) is 0 Å². The van der Waals surface area contributed by atoms with E-state index < -0.39 is 12.1 Å². The molecular formula is C49H57N7O5S2. The van der Waals surface area contributed by atoms with Gasteiger partial charge in [-0.15, -0.1) is 22.7 Å². The van der Waals surface area contributed by atoms with Crippen molar-refractivity contribution in [2.24, 2.45) is 5.92 Å². The summed E-state index contributed by atoms with van der Waals surface area (Å²) in [5.74, 6) is 0.166. The number of likely N-dealkylation sites (tertiary alicyclic amines) is 2. The van der Waals surface area contributed by atoms with E-state index in [0.29, 0.717) is 42.4 Å². The number of ether oxygens (including phenoxy) is 1. The van der Waals surface area contributed by atoms with Gasteiger partial charge in [0, 0.05) is 59.0 Å². The zero-order valence-corrected chi connectivity index (χ0v) is 37.7. The van der Waals surface area contributed by atoms with Crippen LogP contribution >= 0.6 is 22.7 Å². The Morgan fingerprint density at radius 2 is 1.56 bits per heavy atom. The number of ketones is 1. The van der Waals surface area contributed by atoms with E-state index >= 15 is 0 Å². The molecule has 3 atom stereocenters. The van der Waals surface area contributed by atoms with E-state index in [1.165, 1.54) is 11.3 Å². The maximum Gasteiger partial charge on any atom is 0.251 e. The van der Waals surface area contributed by atoms with Crippen molar-refractivity contribution in [3.05, 3.63) is 123 Å². The largest absolute Gasteiger partial charge is 0.478 e. The average molecular weight is 888 g/mol. The van der Waals surface area contributed by atoms with Crippen LogP contribution in [0.1, 0.15) is 107 Å². The molecule has 3 amide bonds. The lowest BCUT2D eigenvalue weighted by molar-refractivity contribution is -0.139. The monoisotopic (exact) mass is 887 g/mol. The summed E-state index contributed by atoms with van der Waals surface area (Å²) in [6.45, 7) is 4.70. The number of nitrogens with zero attached hydrogens (tertiary/aromatic N) is 4. The number of amides is 3. The number of carbonyl (C=O) groups excluding carboxylic acids is 4.